The Hall–Kier alpha value is -2.41. The van der Waals surface area contributed by atoms with E-state index in [2.05, 4.69) is 43.3 Å². The second kappa shape index (κ2) is 4.56. The van der Waals surface area contributed by atoms with E-state index in [-0.39, 0.29) is 5.78 Å². The predicted octanol–water partition coefficient (Wildman–Crippen LogP) is 4.54. The summed E-state index contributed by atoms with van der Waals surface area (Å²) in [7, 11) is 0. The lowest BCUT2D eigenvalue weighted by atomic mass is 9.80. The van der Waals surface area contributed by atoms with Crippen LogP contribution in [-0.2, 0) is 12.8 Å². The van der Waals surface area contributed by atoms with Gasteiger partial charge < -0.3 is 0 Å². The van der Waals surface area contributed by atoms with Crippen molar-refractivity contribution in [3.05, 3.63) is 82.4 Å². The second-order valence-electron chi connectivity index (χ2n) is 5.62. The molecular formula is C20H16O. The molecule has 0 saturated carbocycles. The van der Waals surface area contributed by atoms with Gasteiger partial charge in [0.1, 0.15) is 0 Å². The second-order valence-corrected chi connectivity index (χ2v) is 5.62. The maximum atomic E-state index is 12.9. The molecule has 0 spiro atoms. The molecule has 21 heavy (non-hydrogen) atoms. The van der Waals surface area contributed by atoms with Gasteiger partial charge in [-0.2, -0.15) is 0 Å². The normalized spacial score (nSPS) is 13.1. The fourth-order valence-corrected chi connectivity index (χ4v) is 3.45. The summed E-state index contributed by atoms with van der Waals surface area (Å²) in [6.45, 7) is 2.11. The zero-order valence-corrected chi connectivity index (χ0v) is 12.0. The van der Waals surface area contributed by atoms with Crippen molar-refractivity contribution in [3.63, 3.8) is 0 Å². The number of rotatable bonds is 1. The van der Waals surface area contributed by atoms with Crippen LogP contribution >= 0.6 is 0 Å². The highest BCUT2D eigenvalue weighted by molar-refractivity contribution is 6.15. The van der Waals surface area contributed by atoms with Crippen molar-refractivity contribution in [1.82, 2.24) is 0 Å². The minimum absolute atomic E-state index is 0.189. The molecule has 0 aromatic heterocycles. The molecular weight excluding hydrogens is 256 g/mol. The van der Waals surface area contributed by atoms with Gasteiger partial charge in [-0.05, 0) is 40.3 Å². The van der Waals surface area contributed by atoms with Crippen molar-refractivity contribution >= 4 is 16.6 Å². The first-order chi connectivity index (χ1) is 10.3. The molecule has 0 N–H and O–H groups in total. The molecule has 1 nitrogen and oxygen atoms in total. The third kappa shape index (κ3) is 1.74. The van der Waals surface area contributed by atoms with Gasteiger partial charge in [0.05, 0.1) is 0 Å². The van der Waals surface area contributed by atoms with Gasteiger partial charge in [0.2, 0.25) is 0 Å². The van der Waals surface area contributed by atoms with Crippen LogP contribution in [0.15, 0.2) is 54.6 Å². The molecule has 1 aliphatic carbocycles. The van der Waals surface area contributed by atoms with Crippen molar-refractivity contribution in [2.45, 2.75) is 19.8 Å². The lowest BCUT2D eigenvalue weighted by molar-refractivity contribution is 0.103. The van der Waals surface area contributed by atoms with Crippen LogP contribution in [0.2, 0.25) is 0 Å². The van der Waals surface area contributed by atoms with Crippen LogP contribution in [0.4, 0.5) is 0 Å². The predicted molar refractivity (Wildman–Crippen MR) is 86.0 cm³/mol. The highest BCUT2D eigenvalue weighted by Crippen LogP contribution is 2.33. The number of hydrogen-bond acceptors (Lipinski definition) is 1. The van der Waals surface area contributed by atoms with Crippen LogP contribution in [0.5, 0.6) is 0 Å². The molecule has 0 saturated heterocycles. The molecule has 1 aliphatic rings. The van der Waals surface area contributed by atoms with Crippen molar-refractivity contribution < 1.29 is 4.79 Å². The number of carbonyl (C=O) groups excluding carboxylic acids is 1. The van der Waals surface area contributed by atoms with Crippen molar-refractivity contribution in [2.24, 2.45) is 0 Å². The minimum atomic E-state index is 0.189. The van der Waals surface area contributed by atoms with Crippen LogP contribution in [0, 0.1) is 0 Å². The van der Waals surface area contributed by atoms with Crippen molar-refractivity contribution in [3.8, 4) is 0 Å². The van der Waals surface area contributed by atoms with Crippen LogP contribution < -0.4 is 0 Å². The van der Waals surface area contributed by atoms with Gasteiger partial charge in [-0.15, -0.1) is 0 Å². The highest BCUT2D eigenvalue weighted by atomic mass is 16.1. The van der Waals surface area contributed by atoms with E-state index in [1.807, 2.05) is 18.2 Å². The Morgan fingerprint density at radius 1 is 0.952 bits per heavy atom. The lowest BCUT2D eigenvalue weighted by Gasteiger charge is -2.22. The Bertz CT molecular complexity index is 874. The van der Waals surface area contributed by atoms with E-state index < -0.39 is 0 Å². The molecule has 0 amide bonds. The quantitative estimate of drug-likeness (QED) is 0.497. The Morgan fingerprint density at radius 3 is 2.67 bits per heavy atom. The van der Waals surface area contributed by atoms with Crippen LogP contribution in [0.25, 0.3) is 10.8 Å². The number of ketones is 1. The molecule has 0 fully saturated rings. The summed E-state index contributed by atoms with van der Waals surface area (Å²) in [6.07, 6.45) is 1.75. The van der Waals surface area contributed by atoms with E-state index in [1.54, 1.807) is 0 Å². The Morgan fingerprint density at radius 2 is 1.81 bits per heavy atom. The highest BCUT2D eigenvalue weighted by Gasteiger charge is 2.26. The monoisotopic (exact) mass is 272 g/mol. The molecule has 0 unspecified atom stereocenters. The summed E-state index contributed by atoms with van der Waals surface area (Å²) in [6, 6.07) is 18.6. The third-order valence-electron chi connectivity index (χ3n) is 4.50. The summed E-state index contributed by atoms with van der Waals surface area (Å²) in [5.41, 5.74) is 5.32. The smallest absolute Gasteiger partial charge is 0.193 e. The van der Waals surface area contributed by atoms with E-state index in [0.29, 0.717) is 0 Å². The van der Waals surface area contributed by atoms with E-state index in [1.165, 1.54) is 21.9 Å². The first-order valence-electron chi connectivity index (χ1n) is 7.45. The van der Waals surface area contributed by atoms with E-state index >= 15 is 0 Å². The zero-order chi connectivity index (χ0) is 14.4. The Labute approximate surface area is 124 Å². The van der Waals surface area contributed by atoms with Crippen LogP contribution in [-0.4, -0.2) is 5.78 Å². The summed E-state index contributed by atoms with van der Waals surface area (Å²) in [4.78, 5) is 12.9. The Kier molecular flexibility index (Phi) is 2.68. The summed E-state index contributed by atoms with van der Waals surface area (Å²) < 4.78 is 0. The maximum absolute atomic E-state index is 12.9. The van der Waals surface area contributed by atoms with Crippen molar-refractivity contribution in [2.75, 3.05) is 0 Å². The molecule has 0 atom stereocenters. The number of benzene rings is 3. The van der Waals surface area contributed by atoms with Gasteiger partial charge in [0.15, 0.2) is 5.78 Å². The molecule has 0 heterocycles. The van der Waals surface area contributed by atoms with Gasteiger partial charge in [-0.25, -0.2) is 0 Å². The van der Waals surface area contributed by atoms with Crippen LogP contribution in [0.3, 0.4) is 0 Å². The number of fused-ring (bicyclic) bond motifs is 4. The van der Waals surface area contributed by atoms with Gasteiger partial charge >= 0.3 is 0 Å². The standard InChI is InChI=1S/C20H16O/c1-2-13-7-5-8-15-12-18-16-9-4-3-6-14(16)10-11-17(18)20(21)19(13)15/h3-11H,2,12H2,1H3. The number of carbonyl (C=O) groups is 1. The lowest BCUT2D eigenvalue weighted by Crippen LogP contribution is -2.17. The van der Waals surface area contributed by atoms with Gasteiger partial charge in [0.25, 0.3) is 0 Å². The van der Waals surface area contributed by atoms with Gasteiger partial charge in [-0.3, -0.25) is 4.79 Å². The van der Waals surface area contributed by atoms with Gasteiger partial charge in [-0.1, -0.05) is 61.5 Å². The molecule has 102 valence electrons. The maximum Gasteiger partial charge on any atom is 0.193 e. The van der Waals surface area contributed by atoms with Crippen LogP contribution in [0.1, 0.15) is 39.5 Å². The number of hydrogen-bond donors (Lipinski definition) is 0. The summed E-state index contributed by atoms with van der Waals surface area (Å²) in [5, 5.41) is 2.41. The summed E-state index contributed by atoms with van der Waals surface area (Å²) >= 11 is 0. The van der Waals surface area contributed by atoms with E-state index in [0.717, 1.165) is 29.5 Å². The average Bonchev–Trinajstić information content (AvgIpc) is 2.54. The molecule has 1 heteroatoms. The minimum Gasteiger partial charge on any atom is -0.289 e. The molecule has 0 radical (unpaired) electrons. The first kappa shape index (κ1) is 12.3. The third-order valence-corrected chi connectivity index (χ3v) is 4.50. The largest absolute Gasteiger partial charge is 0.289 e. The molecule has 0 bridgehead atoms. The molecule has 4 rings (SSSR count). The SMILES string of the molecule is CCc1cccc2c1C(=O)c1ccc3ccccc3c1C2. The first-order valence-corrected chi connectivity index (χ1v) is 7.45. The van der Waals surface area contributed by atoms with E-state index in [9.17, 15) is 4.79 Å². The fourth-order valence-electron chi connectivity index (χ4n) is 3.45. The van der Waals surface area contributed by atoms with Crippen molar-refractivity contribution in [1.29, 1.82) is 0 Å². The topological polar surface area (TPSA) is 17.1 Å². The molecule has 0 aliphatic heterocycles. The number of aryl methyl sites for hydroxylation is 1. The molecule has 3 aromatic rings. The zero-order valence-electron chi connectivity index (χ0n) is 12.0. The Balaban J connectivity index is 2.02. The average molecular weight is 272 g/mol. The van der Waals surface area contributed by atoms with Gasteiger partial charge in [0, 0.05) is 11.1 Å². The summed E-state index contributed by atoms with van der Waals surface area (Å²) in [5.74, 6) is 0.189. The fraction of sp³-hybridized carbons (Fsp3) is 0.150. The molecule has 3 aromatic carbocycles. The van der Waals surface area contributed by atoms with E-state index in [4.69, 9.17) is 0 Å².